The number of aromatic hydroxyl groups is 2. The molecule has 0 bridgehead atoms. The van der Waals surface area contributed by atoms with Gasteiger partial charge in [-0.2, -0.15) is 0 Å². The Bertz CT molecular complexity index is 1280. The van der Waals surface area contributed by atoms with E-state index in [-0.39, 0.29) is 34.8 Å². The molecule has 2 N–H and O–H groups in total. The van der Waals surface area contributed by atoms with Gasteiger partial charge in [0.2, 0.25) is 16.9 Å². The molecule has 0 unspecified atom stereocenters. The lowest BCUT2D eigenvalue weighted by atomic mass is 10.1. The van der Waals surface area contributed by atoms with Gasteiger partial charge in [-0.05, 0) is 29.8 Å². The third-order valence-corrected chi connectivity index (χ3v) is 4.85. The van der Waals surface area contributed by atoms with Crippen molar-refractivity contribution >= 4 is 11.0 Å². The van der Waals surface area contributed by atoms with Crippen LogP contribution in [0.15, 0.2) is 69.9 Å². The van der Waals surface area contributed by atoms with Crippen LogP contribution in [0.5, 0.6) is 28.7 Å². The molecule has 1 heterocycles. The summed E-state index contributed by atoms with van der Waals surface area (Å²) < 4.78 is 22.0. The van der Waals surface area contributed by atoms with Crippen LogP contribution in [-0.4, -0.2) is 24.4 Å². The highest BCUT2D eigenvalue weighted by Crippen LogP contribution is 2.44. The number of methoxy groups -OCH3 is 2. The molecule has 0 amide bonds. The normalized spacial score (nSPS) is 10.8. The zero-order valence-corrected chi connectivity index (χ0v) is 16.9. The van der Waals surface area contributed by atoms with Gasteiger partial charge in [-0.15, -0.1) is 0 Å². The van der Waals surface area contributed by atoms with E-state index < -0.39 is 16.9 Å². The van der Waals surface area contributed by atoms with Crippen molar-refractivity contribution in [3.63, 3.8) is 0 Å². The molecule has 0 saturated carbocycles. The van der Waals surface area contributed by atoms with Crippen LogP contribution in [0.1, 0.15) is 5.56 Å². The van der Waals surface area contributed by atoms with Crippen LogP contribution in [0, 0.1) is 0 Å². The van der Waals surface area contributed by atoms with Crippen LogP contribution in [0.2, 0.25) is 0 Å². The first kappa shape index (κ1) is 20.2. The fourth-order valence-electron chi connectivity index (χ4n) is 3.26. The van der Waals surface area contributed by atoms with Gasteiger partial charge in [0.25, 0.3) is 0 Å². The molecule has 7 heteroatoms. The van der Waals surface area contributed by atoms with E-state index in [1.807, 2.05) is 30.3 Å². The Balaban J connectivity index is 1.84. The third kappa shape index (κ3) is 3.73. The Hall–Kier alpha value is -4.13. The minimum absolute atomic E-state index is 0.0210. The first-order chi connectivity index (χ1) is 15.0. The third-order valence-electron chi connectivity index (χ3n) is 4.85. The molecule has 4 aromatic rings. The predicted molar refractivity (Wildman–Crippen MR) is 115 cm³/mol. The van der Waals surface area contributed by atoms with Crippen LogP contribution in [-0.2, 0) is 6.61 Å². The van der Waals surface area contributed by atoms with Crippen LogP contribution in [0.4, 0.5) is 0 Å². The van der Waals surface area contributed by atoms with Crippen LogP contribution in [0.3, 0.4) is 0 Å². The number of fused-ring (bicyclic) bond motifs is 1. The Kier molecular flexibility index (Phi) is 5.41. The van der Waals surface area contributed by atoms with E-state index in [9.17, 15) is 15.0 Å². The molecule has 31 heavy (non-hydrogen) atoms. The molecule has 0 aliphatic heterocycles. The molecule has 0 radical (unpaired) electrons. The van der Waals surface area contributed by atoms with Gasteiger partial charge in [0.05, 0.1) is 14.2 Å². The molecule has 0 aliphatic rings. The molecule has 4 rings (SSSR count). The van der Waals surface area contributed by atoms with Gasteiger partial charge in [0.1, 0.15) is 23.3 Å². The average Bonchev–Trinajstić information content (AvgIpc) is 2.80. The van der Waals surface area contributed by atoms with Crippen molar-refractivity contribution < 1.29 is 28.8 Å². The summed E-state index contributed by atoms with van der Waals surface area (Å²) in [5.41, 5.74) is 0.655. The lowest BCUT2D eigenvalue weighted by Gasteiger charge is -2.14. The zero-order chi connectivity index (χ0) is 22.0. The molecule has 158 valence electrons. The molecule has 7 nitrogen and oxygen atoms in total. The Morgan fingerprint density at radius 1 is 0.903 bits per heavy atom. The van der Waals surface area contributed by atoms with E-state index in [2.05, 4.69) is 0 Å². The smallest absolute Gasteiger partial charge is 0.238 e. The summed E-state index contributed by atoms with van der Waals surface area (Å²) in [5, 5.41) is 20.9. The highest BCUT2D eigenvalue weighted by Gasteiger charge is 2.23. The van der Waals surface area contributed by atoms with Gasteiger partial charge in [0.15, 0.2) is 17.3 Å². The Morgan fingerprint density at radius 3 is 2.26 bits per heavy atom. The van der Waals surface area contributed by atoms with E-state index in [0.717, 1.165) is 5.56 Å². The molecular weight excluding hydrogens is 400 g/mol. The summed E-state index contributed by atoms with van der Waals surface area (Å²) in [4.78, 5) is 12.8. The van der Waals surface area contributed by atoms with Crippen molar-refractivity contribution in [3.05, 3.63) is 76.5 Å². The number of phenolic OH excluding ortho intramolecular Hbond substituents is 1. The Labute approximate surface area is 177 Å². The maximum absolute atomic E-state index is 12.8. The van der Waals surface area contributed by atoms with Gasteiger partial charge < -0.3 is 28.8 Å². The predicted octanol–water partition coefficient (Wildman–Crippen LogP) is 4.47. The maximum Gasteiger partial charge on any atom is 0.238 e. The lowest BCUT2D eigenvalue weighted by molar-refractivity contribution is 0.278. The topological polar surface area (TPSA) is 98.4 Å². The van der Waals surface area contributed by atoms with E-state index in [1.54, 1.807) is 24.3 Å². The molecule has 0 spiro atoms. The largest absolute Gasteiger partial charge is 0.504 e. The number of rotatable bonds is 6. The first-order valence-electron chi connectivity index (χ1n) is 9.44. The second-order valence-electron chi connectivity index (χ2n) is 6.74. The molecule has 0 saturated heterocycles. The van der Waals surface area contributed by atoms with Gasteiger partial charge in [-0.1, -0.05) is 30.3 Å². The highest BCUT2D eigenvalue weighted by atomic mass is 16.5. The second-order valence-corrected chi connectivity index (χ2v) is 6.74. The molecule has 3 aromatic carbocycles. The summed E-state index contributed by atoms with van der Waals surface area (Å²) >= 11 is 0. The summed E-state index contributed by atoms with van der Waals surface area (Å²) in [6, 6.07) is 17.6. The molecular formula is C24H20O7. The number of ether oxygens (including phenoxy) is 3. The van der Waals surface area contributed by atoms with Crippen LogP contribution in [0.25, 0.3) is 22.3 Å². The first-order valence-corrected chi connectivity index (χ1v) is 9.44. The molecule has 0 aliphatic carbocycles. The maximum atomic E-state index is 12.8. The van der Waals surface area contributed by atoms with E-state index in [0.29, 0.717) is 11.3 Å². The van der Waals surface area contributed by atoms with Gasteiger partial charge in [-0.3, -0.25) is 4.79 Å². The second kappa shape index (κ2) is 8.31. The zero-order valence-electron chi connectivity index (χ0n) is 16.9. The van der Waals surface area contributed by atoms with Crippen molar-refractivity contribution in [2.75, 3.05) is 14.2 Å². The van der Waals surface area contributed by atoms with E-state index in [4.69, 9.17) is 18.6 Å². The van der Waals surface area contributed by atoms with E-state index in [1.165, 1.54) is 20.3 Å². The molecule has 0 fully saturated rings. The van der Waals surface area contributed by atoms with Crippen molar-refractivity contribution in [1.82, 2.24) is 0 Å². The van der Waals surface area contributed by atoms with Crippen molar-refractivity contribution in [3.8, 4) is 40.1 Å². The number of hydrogen-bond acceptors (Lipinski definition) is 7. The van der Waals surface area contributed by atoms with Crippen molar-refractivity contribution in [2.45, 2.75) is 6.61 Å². The van der Waals surface area contributed by atoms with Crippen LogP contribution < -0.4 is 19.6 Å². The average molecular weight is 420 g/mol. The van der Waals surface area contributed by atoms with E-state index >= 15 is 0 Å². The standard InChI is InChI=1S/C24H20O7/c1-28-16-10-8-15(9-11-16)23-22(27)20(25)19-17(31-23)12-18(24(29-2)21(19)26)30-13-14-6-4-3-5-7-14/h3-12,26-27H,13H2,1-2H3. The van der Waals surface area contributed by atoms with Gasteiger partial charge >= 0.3 is 0 Å². The molecule has 1 aromatic heterocycles. The minimum Gasteiger partial charge on any atom is -0.504 e. The summed E-state index contributed by atoms with van der Waals surface area (Å²) in [7, 11) is 2.89. The number of hydrogen-bond donors (Lipinski definition) is 2. The van der Waals surface area contributed by atoms with Crippen molar-refractivity contribution in [2.24, 2.45) is 0 Å². The SMILES string of the molecule is COc1ccc(-c2oc3cc(OCc4ccccc4)c(OC)c(O)c3c(=O)c2O)cc1. The number of phenols is 1. The van der Waals surface area contributed by atoms with Crippen molar-refractivity contribution in [1.29, 1.82) is 0 Å². The fraction of sp³-hybridized carbons (Fsp3) is 0.125. The fourth-order valence-corrected chi connectivity index (χ4v) is 3.26. The highest BCUT2D eigenvalue weighted by molar-refractivity contribution is 5.91. The Morgan fingerprint density at radius 2 is 1.61 bits per heavy atom. The van der Waals surface area contributed by atoms with Crippen LogP contribution >= 0.6 is 0 Å². The lowest BCUT2D eigenvalue weighted by Crippen LogP contribution is -2.05. The monoisotopic (exact) mass is 420 g/mol. The van der Waals surface area contributed by atoms with Gasteiger partial charge in [0, 0.05) is 11.6 Å². The summed E-state index contributed by atoms with van der Waals surface area (Å²) in [6.45, 7) is 0.218. The van der Waals surface area contributed by atoms with Gasteiger partial charge in [-0.25, -0.2) is 0 Å². The minimum atomic E-state index is -0.780. The number of benzene rings is 3. The summed E-state index contributed by atoms with van der Waals surface area (Å²) in [6.07, 6.45) is 0. The summed E-state index contributed by atoms with van der Waals surface area (Å²) in [5.74, 6) is -0.316. The quantitative estimate of drug-likeness (QED) is 0.475. The molecule has 0 atom stereocenters.